The van der Waals surface area contributed by atoms with E-state index < -0.39 is 17.4 Å². The summed E-state index contributed by atoms with van der Waals surface area (Å²) in [7, 11) is 0. The van der Waals surface area contributed by atoms with E-state index in [9.17, 15) is 18.0 Å². The maximum atomic E-state index is 12.8. The molecule has 0 saturated carbocycles. The van der Waals surface area contributed by atoms with Crippen molar-refractivity contribution in [3.05, 3.63) is 52.9 Å². The largest absolute Gasteiger partial charge is 0.451 e. The smallest absolute Gasteiger partial charge is 0.348 e. The lowest BCUT2D eigenvalue weighted by atomic mass is 9.74. The lowest BCUT2D eigenvalue weighted by Gasteiger charge is -2.30. The van der Waals surface area contributed by atoms with Crippen LogP contribution in [0.1, 0.15) is 37.7 Å². The van der Waals surface area contributed by atoms with Crippen molar-refractivity contribution in [2.24, 2.45) is 11.3 Å². The molecule has 0 spiro atoms. The third kappa shape index (κ3) is 3.07. The average molecular weight is 402 g/mol. The van der Waals surface area contributed by atoms with Crippen LogP contribution in [0.15, 0.2) is 35.9 Å². The number of allylic oxidation sites excluding steroid dienone is 2. The summed E-state index contributed by atoms with van der Waals surface area (Å²) in [5, 5.41) is 9.94. The van der Waals surface area contributed by atoms with E-state index >= 15 is 0 Å². The van der Waals surface area contributed by atoms with Crippen molar-refractivity contribution in [3.8, 4) is 11.4 Å². The van der Waals surface area contributed by atoms with Gasteiger partial charge in [0.25, 0.3) is 0 Å². The minimum atomic E-state index is -4.58. The average Bonchev–Trinajstić information content (AvgIpc) is 3.21. The van der Waals surface area contributed by atoms with Crippen LogP contribution in [0.3, 0.4) is 0 Å². The van der Waals surface area contributed by atoms with Crippen molar-refractivity contribution in [1.82, 2.24) is 20.5 Å². The molecule has 2 atom stereocenters. The van der Waals surface area contributed by atoms with E-state index in [1.807, 2.05) is 52.0 Å². The molecule has 1 aromatic heterocycles. The number of aryl methyl sites for hydroxylation is 1. The van der Waals surface area contributed by atoms with Crippen LogP contribution in [0.5, 0.6) is 0 Å². The minimum Gasteiger partial charge on any atom is -0.348 e. The summed E-state index contributed by atoms with van der Waals surface area (Å²) in [6.45, 7) is 7.82. The van der Waals surface area contributed by atoms with Gasteiger partial charge in [0.1, 0.15) is 0 Å². The van der Waals surface area contributed by atoms with Gasteiger partial charge in [0.2, 0.25) is 11.7 Å². The fourth-order valence-corrected chi connectivity index (χ4v) is 4.07. The number of halogens is 3. The second kappa shape index (κ2) is 6.30. The van der Waals surface area contributed by atoms with Crippen molar-refractivity contribution in [1.29, 1.82) is 0 Å². The number of nitrogens with one attached hydrogen (secondary N) is 2. The Morgan fingerprint density at radius 1 is 1.14 bits per heavy atom. The Balaban J connectivity index is 1.74. The maximum Gasteiger partial charge on any atom is 0.451 e. The number of amides is 1. The number of carbonyl (C=O) groups excluding carboxylic acids is 1. The number of aromatic amines is 1. The van der Waals surface area contributed by atoms with E-state index in [4.69, 9.17) is 0 Å². The van der Waals surface area contributed by atoms with E-state index in [0.29, 0.717) is 5.56 Å². The molecule has 2 N–H and O–H groups in total. The SMILES string of the molecule is Cc1ccc(-c2nnc(C(F)(F)F)[nH]2)cc1C1=CC=C2C(NC(=O)C2(C)C)C1C. The summed E-state index contributed by atoms with van der Waals surface area (Å²) in [6.07, 6.45) is -0.583. The molecule has 1 aliphatic carbocycles. The molecule has 2 unspecified atom stereocenters. The zero-order valence-electron chi connectivity index (χ0n) is 16.5. The molecular weight excluding hydrogens is 381 g/mol. The van der Waals surface area contributed by atoms with Crippen molar-refractivity contribution in [3.63, 3.8) is 0 Å². The van der Waals surface area contributed by atoms with Gasteiger partial charge in [-0.15, -0.1) is 10.2 Å². The van der Waals surface area contributed by atoms with Gasteiger partial charge in [-0.05, 0) is 49.1 Å². The van der Waals surface area contributed by atoms with E-state index in [1.54, 1.807) is 6.07 Å². The molecule has 1 saturated heterocycles. The zero-order chi connectivity index (χ0) is 21.1. The molecule has 1 fully saturated rings. The highest BCUT2D eigenvalue weighted by Crippen LogP contribution is 2.44. The van der Waals surface area contributed by atoms with Crippen LogP contribution in [0.2, 0.25) is 0 Å². The number of nitrogens with zero attached hydrogens (tertiary/aromatic N) is 2. The second-order valence-electron chi connectivity index (χ2n) is 8.16. The summed E-state index contributed by atoms with van der Waals surface area (Å²) in [5.41, 5.74) is 3.94. The number of alkyl halides is 3. The molecule has 0 bridgehead atoms. The van der Waals surface area contributed by atoms with E-state index in [-0.39, 0.29) is 23.7 Å². The molecule has 0 radical (unpaired) electrons. The number of fused-ring (bicyclic) bond motifs is 1. The van der Waals surface area contributed by atoms with Gasteiger partial charge in [-0.1, -0.05) is 31.2 Å². The standard InChI is InChI=1S/C21H21F3N4O/c1-10-5-6-12(17-26-18(28-27-17)21(22,23)24)9-14(10)13-7-8-15-16(11(13)2)25-19(29)20(15,3)4/h5-9,11,16H,1-4H3,(H,25,29)(H,26,27,28). The van der Waals surface area contributed by atoms with Gasteiger partial charge in [-0.2, -0.15) is 13.2 Å². The highest BCUT2D eigenvalue weighted by molar-refractivity contribution is 5.91. The third-order valence-electron chi connectivity index (χ3n) is 5.92. The zero-order valence-corrected chi connectivity index (χ0v) is 16.5. The molecule has 2 heterocycles. The third-order valence-corrected chi connectivity index (χ3v) is 5.92. The van der Waals surface area contributed by atoms with E-state index in [0.717, 1.165) is 22.3 Å². The first-order chi connectivity index (χ1) is 13.5. The van der Waals surface area contributed by atoms with Crippen LogP contribution in [0.4, 0.5) is 13.2 Å². The molecule has 2 aromatic rings. The Morgan fingerprint density at radius 2 is 1.86 bits per heavy atom. The van der Waals surface area contributed by atoms with Crippen LogP contribution in [0.25, 0.3) is 17.0 Å². The lowest BCUT2D eigenvalue weighted by Crippen LogP contribution is -2.34. The monoisotopic (exact) mass is 402 g/mol. The van der Waals surface area contributed by atoms with Crippen molar-refractivity contribution in [2.75, 3.05) is 0 Å². The fraction of sp³-hybridized carbons (Fsp3) is 0.381. The predicted molar refractivity (Wildman–Crippen MR) is 102 cm³/mol. The molecular formula is C21H21F3N4O. The first-order valence-electron chi connectivity index (χ1n) is 9.34. The molecule has 8 heteroatoms. The maximum absolute atomic E-state index is 12.8. The Kier molecular flexibility index (Phi) is 4.22. The molecule has 152 valence electrons. The highest BCUT2D eigenvalue weighted by Gasteiger charge is 2.47. The second-order valence-corrected chi connectivity index (χ2v) is 8.16. The van der Waals surface area contributed by atoms with Crippen LogP contribution >= 0.6 is 0 Å². The summed E-state index contributed by atoms with van der Waals surface area (Å²) < 4.78 is 38.5. The number of carbonyl (C=O) groups is 1. The molecule has 2 aliphatic rings. The fourth-order valence-electron chi connectivity index (χ4n) is 4.07. The first kappa shape index (κ1) is 19.4. The molecule has 29 heavy (non-hydrogen) atoms. The highest BCUT2D eigenvalue weighted by atomic mass is 19.4. The van der Waals surface area contributed by atoms with Gasteiger partial charge >= 0.3 is 6.18 Å². The van der Waals surface area contributed by atoms with Crippen molar-refractivity contribution in [2.45, 2.75) is 39.9 Å². The van der Waals surface area contributed by atoms with Gasteiger partial charge in [0.05, 0.1) is 11.5 Å². The predicted octanol–water partition coefficient (Wildman–Crippen LogP) is 4.28. The van der Waals surface area contributed by atoms with Crippen LogP contribution in [0, 0.1) is 18.3 Å². The Bertz CT molecular complexity index is 1060. The molecule has 1 aliphatic heterocycles. The van der Waals surface area contributed by atoms with Crippen LogP contribution in [-0.4, -0.2) is 27.1 Å². The normalized spacial score (nSPS) is 23.3. The Labute approximate surface area is 166 Å². The van der Waals surface area contributed by atoms with Crippen LogP contribution < -0.4 is 5.32 Å². The summed E-state index contributed by atoms with van der Waals surface area (Å²) >= 11 is 0. The van der Waals surface area contributed by atoms with Gasteiger partial charge in [0, 0.05) is 11.5 Å². The minimum absolute atomic E-state index is 0.00191. The number of benzene rings is 1. The molecule has 1 aromatic carbocycles. The van der Waals surface area contributed by atoms with Gasteiger partial charge < -0.3 is 10.3 Å². The topological polar surface area (TPSA) is 70.7 Å². The Hall–Kier alpha value is -2.90. The Morgan fingerprint density at radius 3 is 2.52 bits per heavy atom. The van der Waals surface area contributed by atoms with Gasteiger partial charge in [-0.3, -0.25) is 4.79 Å². The number of aromatic nitrogens is 3. The van der Waals surface area contributed by atoms with Crippen LogP contribution in [-0.2, 0) is 11.0 Å². The first-order valence-corrected chi connectivity index (χ1v) is 9.34. The van der Waals surface area contributed by atoms with Gasteiger partial charge in [-0.25, -0.2) is 0 Å². The molecule has 5 nitrogen and oxygen atoms in total. The van der Waals surface area contributed by atoms with E-state index in [1.165, 1.54) is 0 Å². The molecule has 4 rings (SSSR count). The summed E-state index contributed by atoms with van der Waals surface area (Å²) in [4.78, 5) is 14.6. The molecule has 1 amide bonds. The quantitative estimate of drug-likeness (QED) is 0.788. The van der Waals surface area contributed by atoms with Crippen molar-refractivity contribution < 1.29 is 18.0 Å². The summed E-state index contributed by atoms with van der Waals surface area (Å²) in [6, 6.07) is 5.29. The lowest BCUT2D eigenvalue weighted by molar-refractivity contribution is -0.144. The van der Waals surface area contributed by atoms with E-state index in [2.05, 4.69) is 20.5 Å². The number of hydrogen-bond donors (Lipinski definition) is 2. The number of hydrogen-bond acceptors (Lipinski definition) is 3. The number of rotatable bonds is 2. The van der Waals surface area contributed by atoms with Gasteiger partial charge in [0.15, 0.2) is 5.82 Å². The summed E-state index contributed by atoms with van der Waals surface area (Å²) in [5.74, 6) is -1.03. The van der Waals surface area contributed by atoms with Crippen molar-refractivity contribution >= 4 is 11.5 Å². The number of H-pyrrole nitrogens is 1.